The molecule has 0 aliphatic carbocycles. The van der Waals surface area contributed by atoms with E-state index in [1.54, 1.807) is 42.5 Å². The number of H-pyrrole nitrogens is 1. The number of carboxylic acid groups (broad SMARTS) is 1. The number of aliphatic carboxylic acids is 1. The van der Waals surface area contributed by atoms with Gasteiger partial charge >= 0.3 is 5.97 Å². The zero-order chi connectivity index (χ0) is 96.2. The van der Waals surface area contributed by atoms with Crippen LogP contribution in [-0.4, -0.2) is 303 Å². The van der Waals surface area contributed by atoms with Crippen LogP contribution in [0.2, 0.25) is 0 Å². The van der Waals surface area contributed by atoms with Crippen LogP contribution in [-0.2, 0) is 115 Å². The normalized spacial score (nSPS) is 24.1. The van der Waals surface area contributed by atoms with Crippen molar-refractivity contribution in [1.82, 2.24) is 100 Å². The van der Waals surface area contributed by atoms with Crippen LogP contribution in [0.1, 0.15) is 115 Å². The molecule has 0 spiro atoms. The number of thioether (sulfide) groups is 3. The molecule has 714 valence electrons. The lowest BCUT2D eigenvalue weighted by Gasteiger charge is -2.32. The number of aromatic nitrogens is 1. The summed E-state index contributed by atoms with van der Waals surface area (Å²) in [7, 11) is 0. The Balaban J connectivity index is 1.54. The number of hydrogen-bond acceptors (Lipinski definition) is 27. The van der Waals surface area contributed by atoms with Crippen molar-refractivity contribution in [2.75, 3.05) is 63.1 Å². The van der Waals surface area contributed by atoms with Gasteiger partial charge < -0.3 is 144 Å². The predicted octanol–water partition coefficient (Wildman–Crippen LogP) is -9.56. The van der Waals surface area contributed by atoms with Crippen LogP contribution in [0.25, 0.3) is 10.9 Å². The summed E-state index contributed by atoms with van der Waals surface area (Å²) in [5.41, 5.74) is 30.8. The number of benzene rings is 2. The van der Waals surface area contributed by atoms with Crippen molar-refractivity contribution in [2.45, 2.75) is 207 Å². The Morgan fingerprint density at radius 3 is 1.60 bits per heavy atom. The van der Waals surface area contributed by atoms with Gasteiger partial charge in [0.1, 0.15) is 72.5 Å². The lowest BCUT2D eigenvalue weighted by Crippen LogP contribution is -2.62. The number of carbonyl (C=O) groups excluding carboxylic acids is 18. The third-order valence-electron chi connectivity index (χ3n) is 20.3. The number of nitrogens with one attached hydrogen (secondary N) is 20. The van der Waals surface area contributed by atoms with E-state index in [4.69, 9.17) is 39.5 Å². The minimum atomic E-state index is -1.94. The molecule has 48 nitrogen and oxygen atoms in total. The largest absolute Gasteiger partial charge is 0.481 e. The second kappa shape index (κ2) is 52.7. The smallest absolute Gasteiger partial charge is 0.303 e. The molecule has 3 aliphatic heterocycles. The van der Waals surface area contributed by atoms with Crippen molar-refractivity contribution >= 4 is 170 Å². The van der Waals surface area contributed by atoms with E-state index in [9.17, 15) is 87.2 Å². The number of hydrogen-bond donors (Lipinski definition) is 28. The SMILES string of the molecule is CC(C)[C@@H]1NC(=O)[C@H](CCCNC(=N)N)NC(=O)[C@@H]2CSCc3cc(cc(c3)CSC[C@@H](C(=O)NCC(N)=O)NC(=O)[C@@H]3CCCN3C(=O)[C@H]([C@H](C)O)NC(=O)[C@H](Cc3c[nH]c4ccccc34)NC(=O)[C@H](CC(N)=O)NC1=O)CSC[C@H](NC(=O)[C@H](C)N)C(=O)NCC(=O)N[C@@H]([C@H](C)O)C(=O)NCC(=O)N[C@@H](CCC(=O)O)C(=O)NCC(=O)N[C@@H](CCCNC(=N)N)C(=O)N2. The first kappa shape index (κ1) is 106. The molecule has 6 rings (SSSR count). The fourth-order valence-corrected chi connectivity index (χ4v) is 16.6. The fraction of sp³-hybridized carbons (Fsp3) is 0.557. The number of amides is 18. The highest BCUT2D eigenvalue weighted by molar-refractivity contribution is 7.99. The second-order valence-corrected chi connectivity index (χ2v) is 34.6. The number of nitrogens with zero attached hydrogens (tertiary/aromatic N) is 1. The molecule has 0 unspecified atom stereocenters. The van der Waals surface area contributed by atoms with Crippen LogP contribution < -0.4 is 119 Å². The second-order valence-electron chi connectivity index (χ2n) is 31.5. The van der Waals surface area contributed by atoms with E-state index in [0.717, 1.165) is 47.1 Å². The van der Waals surface area contributed by atoms with Gasteiger partial charge in [-0.15, -0.1) is 0 Å². The number of fused-ring (bicyclic) bond motifs is 7. The summed E-state index contributed by atoms with van der Waals surface area (Å²) in [4.78, 5) is 271. The van der Waals surface area contributed by atoms with Crippen molar-refractivity contribution in [1.29, 1.82) is 10.8 Å². The molecule has 3 aliphatic rings. The highest BCUT2D eigenvalue weighted by Gasteiger charge is 2.43. The van der Waals surface area contributed by atoms with E-state index in [1.807, 2.05) is 0 Å². The summed E-state index contributed by atoms with van der Waals surface area (Å²) in [6.45, 7) is 2.78. The van der Waals surface area contributed by atoms with Crippen molar-refractivity contribution in [3.8, 4) is 0 Å². The maximum Gasteiger partial charge on any atom is 0.303 e. The molecule has 4 bridgehead atoms. The number of rotatable bonds is 23. The molecule has 51 heteroatoms. The number of aromatic amines is 1. The molecule has 15 atom stereocenters. The Hall–Kier alpha value is -12.6. The van der Waals surface area contributed by atoms with E-state index in [1.165, 1.54) is 33.9 Å². The summed E-state index contributed by atoms with van der Waals surface area (Å²) < 4.78 is 0. The number of aliphatic hydroxyl groups is 2. The monoisotopic (exact) mass is 1880 g/mol. The Labute approximate surface area is 759 Å². The summed E-state index contributed by atoms with van der Waals surface area (Å²) in [6.07, 6.45) is -5.07. The maximum absolute atomic E-state index is 15.5. The van der Waals surface area contributed by atoms with E-state index in [-0.39, 0.29) is 93.3 Å². The van der Waals surface area contributed by atoms with E-state index < -0.39 is 272 Å². The van der Waals surface area contributed by atoms with Crippen LogP contribution in [0.15, 0.2) is 48.7 Å². The lowest BCUT2D eigenvalue weighted by molar-refractivity contribution is -0.144. The van der Waals surface area contributed by atoms with Gasteiger partial charge in [0.15, 0.2) is 11.9 Å². The number of carboxylic acids is 1. The average Bonchev–Trinajstić information content (AvgIpc) is 1.66. The number of para-hydroxylation sites is 1. The van der Waals surface area contributed by atoms with Gasteiger partial charge in [0.2, 0.25) is 106 Å². The quantitative estimate of drug-likeness (QED) is 0.0238. The first-order valence-electron chi connectivity index (χ1n) is 41.7. The molecular weight excluding hydrogens is 1760 g/mol. The Kier molecular flexibility index (Phi) is 43.1. The minimum absolute atomic E-state index is 0.00294. The van der Waals surface area contributed by atoms with Crippen LogP contribution >= 0.6 is 35.3 Å². The van der Waals surface area contributed by atoms with Gasteiger partial charge in [-0.1, -0.05) is 50.2 Å². The molecule has 18 amide bonds. The summed E-state index contributed by atoms with van der Waals surface area (Å²) >= 11 is 3.17. The summed E-state index contributed by atoms with van der Waals surface area (Å²) in [5, 5.41) is 89.9. The van der Waals surface area contributed by atoms with Crippen LogP contribution in [0, 0.1) is 16.7 Å². The maximum atomic E-state index is 15.5. The van der Waals surface area contributed by atoms with Crippen molar-refractivity contribution in [3.63, 3.8) is 0 Å². The average molecular weight is 1880 g/mol. The van der Waals surface area contributed by atoms with Gasteiger partial charge in [-0.25, -0.2) is 0 Å². The zero-order valence-corrected chi connectivity index (χ0v) is 74.7. The topological polar surface area (TPSA) is 786 Å². The van der Waals surface area contributed by atoms with Crippen LogP contribution in [0.4, 0.5) is 0 Å². The summed E-state index contributed by atoms with van der Waals surface area (Å²) in [6, 6.07) is -9.32. The molecule has 0 radical (unpaired) electrons. The highest BCUT2D eigenvalue weighted by atomic mass is 32.2. The third-order valence-corrected chi connectivity index (χ3v) is 23.6. The molecule has 0 saturated carbocycles. The number of nitrogens with two attached hydrogens (primary N) is 5. The first-order valence-corrected chi connectivity index (χ1v) is 45.1. The van der Waals surface area contributed by atoms with E-state index >= 15 is 19.2 Å². The molecule has 1 aromatic heterocycles. The van der Waals surface area contributed by atoms with E-state index in [0.29, 0.717) is 33.2 Å². The number of guanidine groups is 2. The van der Waals surface area contributed by atoms with Crippen LogP contribution in [0.5, 0.6) is 0 Å². The Bertz CT molecular complexity index is 4620. The van der Waals surface area contributed by atoms with Gasteiger partial charge in [0.05, 0.1) is 50.8 Å². The predicted molar refractivity (Wildman–Crippen MR) is 475 cm³/mol. The molecule has 1 saturated heterocycles. The third kappa shape index (κ3) is 35.4. The summed E-state index contributed by atoms with van der Waals surface area (Å²) in [5.74, 6) is -23.2. The van der Waals surface area contributed by atoms with Gasteiger partial charge in [0, 0.05) is 84.1 Å². The van der Waals surface area contributed by atoms with Crippen molar-refractivity contribution in [3.05, 3.63) is 70.9 Å². The van der Waals surface area contributed by atoms with Gasteiger partial charge in [-0.2, -0.15) is 35.3 Å². The molecule has 1 fully saturated rings. The van der Waals surface area contributed by atoms with E-state index in [2.05, 4.69) is 95.4 Å². The zero-order valence-electron chi connectivity index (χ0n) is 72.3. The molecule has 3 aromatic rings. The Morgan fingerprint density at radius 2 is 1.04 bits per heavy atom. The standard InChI is InChI=1S/C79H118N26O22S3/c1-37(2)62-76(126)98-51(25-56(81)108)71(121)97-50(24-44-26-89-46-12-7-6-11-45(44)46)72(122)104-64(40(5)107)77(127)105-20-10-15-55(105)74(124)101-53(67(117)90-27-57(82)109)35-129-32-42-21-41-22-43(23-42)33-130-36-54(73(123)96-48(70(120)103-62)14-9-19-88-79(85)86)100-69(119)47(13-8-18-87-78(83)84)94-58(110)28-91-66(116)49(16-17-61(113)114)95-59(111)29-93-75(125)63(39(4)106)102-60(112)30-92-68(118)52(34-128-31-41)99-65(115)38(3)80/h6-7,11-12,21-23,26,37-40,47-55,62-64,89,106-107H,8-10,13-20,24-25,27-36,80H2,1-5H3,(H2,81,108)(H2,82,109)(H,90,117)(H,91,116)(H,92,118)(H,93,125)(H,94,110)(H,95,111)(H,96,123)(H,97,121)(H,98,126)(H,99,115)(H,100,119)(H,101,124)(H,102,112)(H,103,120)(H,104,122)(H,113,114)(H4,83,84,87)(H4,85,86,88)/t38-,39-,40-,47-,48-,49-,50-,51-,52-,53-,54-,55-,62-,63-,64-/m0/s1. The van der Waals surface area contributed by atoms with Gasteiger partial charge in [0.25, 0.3) is 0 Å². The number of aliphatic hydroxyl groups excluding tert-OH is 2. The molecule has 4 heterocycles. The van der Waals surface area contributed by atoms with Crippen molar-refractivity contribution < 1.29 is 106 Å². The molecular formula is C79H118N26O22S3. The fourth-order valence-electron chi connectivity index (χ4n) is 13.6. The lowest BCUT2D eigenvalue weighted by atomic mass is 10.0. The molecule has 2 aromatic carbocycles. The number of primary amides is 2. The van der Waals surface area contributed by atoms with Gasteiger partial charge in [-0.05, 0) is 100.0 Å². The van der Waals surface area contributed by atoms with Crippen LogP contribution in [0.3, 0.4) is 0 Å². The molecule has 33 N–H and O–H groups in total. The molecule has 130 heavy (non-hydrogen) atoms. The Morgan fingerprint density at radius 1 is 0.531 bits per heavy atom. The van der Waals surface area contributed by atoms with Crippen molar-refractivity contribution in [2.24, 2.45) is 34.6 Å². The first-order chi connectivity index (χ1) is 61.5. The van der Waals surface area contributed by atoms with Gasteiger partial charge in [-0.3, -0.25) is 102 Å². The highest BCUT2D eigenvalue weighted by Crippen LogP contribution is 2.27. The minimum Gasteiger partial charge on any atom is -0.481 e. The number of carbonyl (C=O) groups is 19.